The van der Waals surface area contributed by atoms with Crippen molar-refractivity contribution < 1.29 is 48.0 Å². The van der Waals surface area contributed by atoms with Gasteiger partial charge in [0.2, 0.25) is 11.6 Å². The fourth-order valence-electron chi connectivity index (χ4n) is 12.9. The van der Waals surface area contributed by atoms with Crippen molar-refractivity contribution in [1.82, 2.24) is 9.88 Å². The second-order valence-corrected chi connectivity index (χ2v) is 20.4. The van der Waals surface area contributed by atoms with E-state index in [9.17, 15) is 0 Å². The Morgan fingerprint density at radius 3 is 1.85 bits per heavy atom. The molecule has 2 spiro atoms. The Balaban J connectivity index is 0.801. The van der Waals surface area contributed by atoms with Crippen LogP contribution in [0.2, 0.25) is 5.02 Å². The molecule has 1 N–H and O–H groups in total. The maximum atomic E-state index is 6.76. The van der Waals surface area contributed by atoms with Crippen molar-refractivity contribution in [2.75, 3.05) is 44.7 Å². The van der Waals surface area contributed by atoms with Crippen molar-refractivity contribution in [2.45, 2.75) is 147 Å². The second-order valence-electron chi connectivity index (χ2n) is 19.9. The third kappa shape index (κ3) is 7.23. The molecule has 12 rings (SSSR count). The van der Waals surface area contributed by atoms with Gasteiger partial charge in [0.25, 0.3) is 0 Å². The van der Waals surface area contributed by atoms with E-state index in [1.54, 1.807) is 0 Å². The number of halogens is 1. The smallest absolute Gasteiger partial charge is 0.201 e. The van der Waals surface area contributed by atoms with Crippen LogP contribution in [-0.4, -0.2) is 97.2 Å². The molecular formula is C46H66ClN3O10. The molecule has 8 aliphatic heterocycles. The number of hydrogen-bond acceptors (Lipinski definition) is 13. The van der Waals surface area contributed by atoms with Crippen LogP contribution in [0.15, 0.2) is 30.5 Å². The number of anilines is 1. The maximum absolute atomic E-state index is 6.76. The fraction of sp³-hybridized carbons (Fsp3) is 0.804. The predicted octanol–water partition coefficient (Wildman–Crippen LogP) is 8.44. The number of rotatable bonds is 13. The highest BCUT2D eigenvalue weighted by Gasteiger charge is 2.71. The van der Waals surface area contributed by atoms with Gasteiger partial charge in [0.15, 0.2) is 36.4 Å². The molecule has 0 amide bonds. The van der Waals surface area contributed by atoms with E-state index in [2.05, 4.69) is 42.9 Å². The van der Waals surface area contributed by atoms with Crippen molar-refractivity contribution in [2.24, 2.45) is 47.3 Å². The molecule has 0 radical (unpaired) electrons. The lowest BCUT2D eigenvalue weighted by molar-refractivity contribution is -0.577. The zero-order valence-electron chi connectivity index (χ0n) is 36.3. The number of hydrogen-bond donors (Lipinski definition) is 1. The number of aromatic nitrogens is 1. The van der Waals surface area contributed by atoms with Crippen LogP contribution in [0.3, 0.4) is 0 Å². The van der Waals surface area contributed by atoms with Gasteiger partial charge >= 0.3 is 0 Å². The lowest BCUT2D eigenvalue weighted by atomic mass is 9.58. The maximum Gasteiger partial charge on any atom is 0.201 e. The quantitative estimate of drug-likeness (QED) is 0.154. The van der Waals surface area contributed by atoms with E-state index in [4.69, 9.17) is 59.6 Å². The van der Waals surface area contributed by atoms with Crippen LogP contribution in [-0.2, 0) is 48.0 Å². The molecule has 0 unspecified atom stereocenters. The third-order valence-corrected chi connectivity index (χ3v) is 16.5. The average Bonchev–Trinajstić information content (AvgIpc) is 3.61. The molecule has 2 saturated carbocycles. The Morgan fingerprint density at radius 2 is 1.28 bits per heavy atom. The first-order valence-electron chi connectivity index (χ1n) is 23.1. The van der Waals surface area contributed by atoms with Crippen LogP contribution in [0.5, 0.6) is 0 Å². The van der Waals surface area contributed by atoms with Gasteiger partial charge in [0, 0.05) is 78.4 Å². The number of benzene rings is 1. The Labute approximate surface area is 359 Å². The number of ether oxygens (including phenoxy) is 6. The zero-order chi connectivity index (χ0) is 41.4. The molecule has 13 nitrogen and oxygen atoms in total. The summed E-state index contributed by atoms with van der Waals surface area (Å²) in [6.07, 6.45) is 8.83. The third-order valence-electron chi connectivity index (χ3n) is 16.2. The van der Waals surface area contributed by atoms with Crippen molar-refractivity contribution in [3.05, 3.63) is 35.5 Å². The van der Waals surface area contributed by atoms with E-state index in [0.717, 1.165) is 87.5 Å². The first kappa shape index (κ1) is 42.2. The number of pyridine rings is 1. The van der Waals surface area contributed by atoms with Gasteiger partial charge < -0.3 is 33.7 Å². The largest absolute Gasteiger partial charge is 0.384 e. The van der Waals surface area contributed by atoms with E-state index < -0.39 is 47.9 Å². The van der Waals surface area contributed by atoms with Crippen molar-refractivity contribution in [1.29, 1.82) is 0 Å². The van der Waals surface area contributed by atoms with E-state index >= 15 is 0 Å². The van der Waals surface area contributed by atoms with Crippen molar-refractivity contribution in [3.63, 3.8) is 0 Å². The molecule has 10 aliphatic rings. The minimum atomic E-state index is -0.818. The lowest BCUT2D eigenvalue weighted by Crippen LogP contribution is -2.70. The molecule has 60 heavy (non-hydrogen) atoms. The Morgan fingerprint density at radius 1 is 0.717 bits per heavy atom. The highest BCUT2D eigenvalue weighted by Crippen LogP contribution is 2.62. The van der Waals surface area contributed by atoms with Crippen LogP contribution in [0, 0.1) is 47.3 Å². The average molecular weight is 856 g/mol. The molecule has 10 fully saturated rings. The Hall–Kier alpha value is -1.72. The van der Waals surface area contributed by atoms with E-state index in [1.165, 1.54) is 0 Å². The van der Waals surface area contributed by atoms with Gasteiger partial charge in [-0.2, -0.15) is 0 Å². The van der Waals surface area contributed by atoms with Gasteiger partial charge in [0.1, 0.15) is 0 Å². The monoisotopic (exact) mass is 855 g/mol. The summed E-state index contributed by atoms with van der Waals surface area (Å²) >= 11 is 6.26. The topological polar surface area (TPSA) is 120 Å². The summed E-state index contributed by atoms with van der Waals surface area (Å²) in [7, 11) is 0. The summed E-state index contributed by atoms with van der Waals surface area (Å²) in [5.41, 5.74) is 0.706. The van der Waals surface area contributed by atoms with Crippen LogP contribution < -0.4 is 5.32 Å². The highest BCUT2D eigenvalue weighted by molar-refractivity contribution is 6.31. The Bertz CT molecular complexity index is 1780. The summed E-state index contributed by atoms with van der Waals surface area (Å²) in [6, 6.07) is 7.86. The molecule has 1 aromatic carbocycles. The van der Waals surface area contributed by atoms with Crippen molar-refractivity contribution >= 4 is 28.2 Å². The van der Waals surface area contributed by atoms with Gasteiger partial charge in [-0.3, -0.25) is 9.88 Å². The molecule has 8 saturated heterocycles. The van der Waals surface area contributed by atoms with Gasteiger partial charge in [-0.15, -0.1) is 0 Å². The van der Waals surface area contributed by atoms with Gasteiger partial charge in [-0.25, -0.2) is 19.6 Å². The fourth-order valence-corrected chi connectivity index (χ4v) is 13.0. The number of nitrogens with zero attached hydrogens (tertiary/aromatic N) is 2. The zero-order valence-corrected chi connectivity index (χ0v) is 37.0. The summed E-state index contributed by atoms with van der Waals surface area (Å²) in [6.45, 7) is 17.2. The van der Waals surface area contributed by atoms with Crippen LogP contribution in [0.25, 0.3) is 10.9 Å². The number of fused-ring (bicyclic) bond motifs is 5. The molecule has 2 aromatic rings. The van der Waals surface area contributed by atoms with Gasteiger partial charge in [0.05, 0.1) is 18.7 Å². The molecule has 2 aliphatic carbocycles. The van der Waals surface area contributed by atoms with Gasteiger partial charge in [-0.05, 0) is 113 Å². The minimum absolute atomic E-state index is 0.116. The minimum Gasteiger partial charge on any atom is -0.384 e. The molecule has 4 bridgehead atoms. The van der Waals surface area contributed by atoms with E-state index in [0.29, 0.717) is 55.0 Å². The lowest BCUT2D eigenvalue weighted by Gasteiger charge is -2.60. The molecule has 14 heteroatoms. The SMILES string of the molecule is C[C@H]1[C@@H](OCCN(CCCNc2ccnc3cc(Cl)ccc23)CCO[C@H]2O[C@@H]3O[C@]4(C)CC[C@H]5[C@H](C)CC[C@@H]([C@H]2C)[C@@]35OO4)O[C@@H]2O[C@]3(C)CC[C@H]4[C@H](C)CC[C@@H]1[C@@]24OO3. The van der Waals surface area contributed by atoms with E-state index in [1.807, 2.05) is 44.3 Å². The summed E-state index contributed by atoms with van der Waals surface area (Å²) < 4.78 is 40.1. The van der Waals surface area contributed by atoms with Crippen LogP contribution in [0.1, 0.15) is 99.3 Å². The van der Waals surface area contributed by atoms with Crippen molar-refractivity contribution in [3.8, 4) is 0 Å². The normalized spacial score (nSPS) is 45.5. The van der Waals surface area contributed by atoms with Crippen LogP contribution in [0.4, 0.5) is 5.69 Å². The van der Waals surface area contributed by atoms with E-state index in [-0.39, 0.29) is 23.7 Å². The summed E-state index contributed by atoms with van der Waals surface area (Å²) in [5.74, 6) is 0.686. The summed E-state index contributed by atoms with van der Waals surface area (Å²) in [5, 5.41) is 5.38. The van der Waals surface area contributed by atoms with Crippen LogP contribution >= 0.6 is 11.6 Å². The highest BCUT2D eigenvalue weighted by atomic mass is 35.5. The first-order valence-corrected chi connectivity index (χ1v) is 23.4. The molecule has 332 valence electrons. The van der Waals surface area contributed by atoms with Gasteiger partial charge in [-0.1, -0.05) is 39.3 Å². The molecule has 9 heterocycles. The molecule has 1 aromatic heterocycles. The Kier molecular flexibility index (Phi) is 11.5. The summed E-state index contributed by atoms with van der Waals surface area (Å²) in [4.78, 5) is 31.8. The molecular weight excluding hydrogens is 790 g/mol. The standard InChI is InChI=1S/C46H66ClN3O10/c1-27-8-12-35-29(3)39(53-41-45(35)33(27)14-17-43(5,55-41)57-59-45)51-24-22-50(21-7-19-48-37-16-20-49-38-26-31(47)10-11-32(37)38)23-25-52-40-30(4)36-13-9-28(2)34-15-18-44(6)56-42(54-40)46(34,36)60-58-44/h10-11,16,20,26-30,33-36,39-42H,7-9,12-15,17-19,21-25H2,1-6H3,(H,48,49)/t27-,28-,29-,30-,33+,34+,35+,36+,39+,40+,41-,42-,43+,44+,45-,46-/m1/s1. The predicted molar refractivity (Wildman–Crippen MR) is 222 cm³/mol. The molecule has 16 atom stereocenters. The first-order chi connectivity index (χ1) is 28.9. The second kappa shape index (κ2) is 16.4. The number of nitrogens with one attached hydrogen (secondary N) is 1.